The summed E-state index contributed by atoms with van der Waals surface area (Å²) in [5.74, 6) is -0.304. The summed E-state index contributed by atoms with van der Waals surface area (Å²) in [7, 11) is 0. The maximum atomic E-state index is 13.7. The number of halogens is 2. The van der Waals surface area contributed by atoms with E-state index in [1.165, 1.54) is 6.07 Å². The summed E-state index contributed by atoms with van der Waals surface area (Å²) in [5, 5.41) is 6.26. The molecule has 5 heteroatoms. The van der Waals surface area contributed by atoms with Crippen molar-refractivity contribution in [1.82, 2.24) is 4.98 Å². The molecule has 0 spiro atoms. The molecular formula is C14H15BrFN3. The van der Waals surface area contributed by atoms with Gasteiger partial charge in [-0.1, -0.05) is 22.9 Å². The third kappa shape index (κ3) is 3.92. The van der Waals surface area contributed by atoms with Gasteiger partial charge in [0.25, 0.3) is 0 Å². The second kappa shape index (κ2) is 6.52. The van der Waals surface area contributed by atoms with E-state index in [0.717, 1.165) is 24.3 Å². The normalized spacial score (nSPS) is 10.3. The largest absolute Gasteiger partial charge is 0.384 e. The van der Waals surface area contributed by atoms with Gasteiger partial charge in [-0.2, -0.15) is 0 Å². The summed E-state index contributed by atoms with van der Waals surface area (Å²) in [4.78, 5) is 4.12. The van der Waals surface area contributed by atoms with Crippen molar-refractivity contribution in [1.29, 1.82) is 0 Å². The number of nitrogens with zero attached hydrogens (tertiary/aromatic N) is 1. The maximum absolute atomic E-state index is 13.7. The van der Waals surface area contributed by atoms with E-state index in [-0.39, 0.29) is 5.82 Å². The van der Waals surface area contributed by atoms with Crippen LogP contribution in [-0.2, 0) is 0 Å². The molecule has 0 aliphatic rings. The van der Waals surface area contributed by atoms with Crippen LogP contribution in [-0.4, -0.2) is 11.5 Å². The lowest BCUT2D eigenvalue weighted by molar-refractivity contribution is 0.631. The summed E-state index contributed by atoms with van der Waals surface area (Å²) in [6, 6.07) is 6.81. The number of benzene rings is 1. The van der Waals surface area contributed by atoms with Gasteiger partial charge >= 0.3 is 0 Å². The van der Waals surface area contributed by atoms with E-state index < -0.39 is 0 Å². The van der Waals surface area contributed by atoms with Gasteiger partial charge in [0.15, 0.2) is 0 Å². The van der Waals surface area contributed by atoms with Crippen LogP contribution >= 0.6 is 15.9 Å². The minimum atomic E-state index is -0.304. The Morgan fingerprint density at radius 1 is 1.21 bits per heavy atom. The van der Waals surface area contributed by atoms with Crippen molar-refractivity contribution >= 4 is 33.0 Å². The van der Waals surface area contributed by atoms with E-state index in [4.69, 9.17) is 0 Å². The molecule has 2 aromatic rings. The first-order valence-electron chi connectivity index (χ1n) is 6.10. The lowest BCUT2D eigenvalue weighted by atomic mass is 10.3. The zero-order valence-corrected chi connectivity index (χ0v) is 12.2. The molecule has 2 rings (SSSR count). The number of rotatable bonds is 5. The molecule has 0 atom stereocenters. The van der Waals surface area contributed by atoms with Gasteiger partial charge in [0.05, 0.1) is 29.5 Å². The molecular weight excluding hydrogens is 309 g/mol. The topological polar surface area (TPSA) is 37.0 Å². The molecule has 0 saturated heterocycles. The summed E-state index contributed by atoms with van der Waals surface area (Å²) in [5.41, 5.74) is 2.10. The van der Waals surface area contributed by atoms with Crippen molar-refractivity contribution in [3.63, 3.8) is 0 Å². The van der Waals surface area contributed by atoms with Crippen LogP contribution in [0.1, 0.15) is 13.3 Å². The quantitative estimate of drug-likeness (QED) is 0.847. The molecule has 0 unspecified atom stereocenters. The van der Waals surface area contributed by atoms with Crippen molar-refractivity contribution in [2.75, 3.05) is 17.2 Å². The predicted octanol–water partition coefficient (Wildman–Crippen LogP) is 4.55. The number of nitrogens with one attached hydrogen (secondary N) is 2. The van der Waals surface area contributed by atoms with Gasteiger partial charge in [0.1, 0.15) is 5.82 Å². The summed E-state index contributed by atoms with van der Waals surface area (Å²) < 4.78 is 14.4. The summed E-state index contributed by atoms with van der Waals surface area (Å²) in [6.07, 6.45) is 4.45. The van der Waals surface area contributed by atoms with Crippen LogP contribution in [0.3, 0.4) is 0 Å². The maximum Gasteiger partial charge on any atom is 0.147 e. The minimum Gasteiger partial charge on any atom is -0.384 e. The van der Waals surface area contributed by atoms with Crippen LogP contribution in [0.25, 0.3) is 0 Å². The lowest BCUT2D eigenvalue weighted by Gasteiger charge is -2.10. The Kier molecular flexibility index (Phi) is 4.74. The standard InChI is InChI=1S/C14H15BrFN3/c1-2-5-18-11-7-12(9-17-8-11)19-14-4-3-10(15)6-13(14)16/h3-4,6-9,18-19H,2,5H2,1H3. The third-order valence-corrected chi connectivity index (χ3v) is 3.02. The minimum absolute atomic E-state index is 0.304. The molecule has 1 heterocycles. The molecule has 0 saturated carbocycles. The first-order chi connectivity index (χ1) is 9.19. The Balaban J connectivity index is 2.14. The van der Waals surface area contributed by atoms with Crippen LogP contribution < -0.4 is 10.6 Å². The van der Waals surface area contributed by atoms with Gasteiger partial charge in [0.2, 0.25) is 0 Å². The van der Waals surface area contributed by atoms with Gasteiger partial charge < -0.3 is 10.6 Å². The van der Waals surface area contributed by atoms with Crippen LogP contribution in [0.5, 0.6) is 0 Å². The lowest BCUT2D eigenvalue weighted by Crippen LogP contribution is -2.01. The van der Waals surface area contributed by atoms with Gasteiger partial charge in [-0.3, -0.25) is 4.98 Å². The van der Waals surface area contributed by atoms with Crippen molar-refractivity contribution in [3.8, 4) is 0 Å². The van der Waals surface area contributed by atoms with Crippen LogP contribution in [0.2, 0.25) is 0 Å². The number of aromatic nitrogens is 1. The Bertz CT molecular complexity index is 560. The van der Waals surface area contributed by atoms with Gasteiger partial charge in [0, 0.05) is 11.0 Å². The highest BCUT2D eigenvalue weighted by Gasteiger charge is 2.03. The highest BCUT2D eigenvalue weighted by atomic mass is 79.9. The molecule has 2 N–H and O–H groups in total. The monoisotopic (exact) mass is 323 g/mol. The Morgan fingerprint density at radius 3 is 2.74 bits per heavy atom. The second-order valence-corrected chi connectivity index (χ2v) is 5.05. The number of anilines is 3. The van der Waals surface area contributed by atoms with Crippen molar-refractivity contribution in [3.05, 3.63) is 46.9 Å². The van der Waals surface area contributed by atoms with Crippen LogP contribution in [0, 0.1) is 5.82 Å². The van der Waals surface area contributed by atoms with Crippen molar-refractivity contribution < 1.29 is 4.39 Å². The van der Waals surface area contributed by atoms with Crippen molar-refractivity contribution in [2.45, 2.75) is 13.3 Å². The van der Waals surface area contributed by atoms with Crippen molar-refractivity contribution in [2.24, 2.45) is 0 Å². The second-order valence-electron chi connectivity index (χ2n) is 4.14. The average molecular weight is 324 g/mol. The fourth-order valence-electron chi connectivity index (χ4n) is 1.62. The Morgan fingerprint density at radius 2 is 2.00 bits per heavy atom. The first-order valence-corrected chi connectivity index (χ1v) is 6.89. The highest BCUT2D eigenvalue weighted by Crippen LogP contribution is 2.24. The Hall–Kier alpha value is -1.62. The summed E-state index contributed by atoms with van der Waals surface area (Å²) in [6.45, 7) is 2.98. The molecule has 0 bridgehead atoms. The van der Waals surface area contributed by atoms with Crippen LogP contribution in [0.15, 0.2) is 41.1 Å². The van der Waals surface area contributed by atoms with Gasteiger partial charge in [-0.05, 0) is 30.7 Å². The van der Waals surface area contributed by atoms with E-state index in [0.29, 0.717) is 10.2 Å². The molecule has 0 radical (unpaired) electrons. The van der Waals surface area contributed by atoms with E-state index >= 15 is 0 Å². The predicted molar refractivity (Wildman–Crippen MR) is 80.4 cm³/mol. The van der Waals surface area contributed by atoms with E-state index in [2.05, 4.69) is 38.5 Å². The third-order valence-electron chi connectivity index (χ3n) is 2.53. The SMILES string of the molecule is CCCNc1cncc(Nc2ccc(Br)cc2F)c1. The molecule has 1 aromatic carbocycles. The average Bonchev–Trinajstić information content (AvgIpc) is 2.40. The van der Waals surface area contributed by atoms with Gasteiger partial charge in [-0.15, -0.1) is 0 Å². The zero-order chi connectivity index (χ0) is 13.7. The van der Waals surface area contributed by atoms with E-state index in [1.807, 2.05) is 6.07 Å². The molecule has 0 amide bonds. The fraction of sp³-hybridized carbons (Fsp3) is 0.214. The molecule has 3 nitrogen and oxygen atoms in total. The number of hydrogen-bond donors (Lipinski definition) is 2. The van der Waals surface area contributed by atoms with E-state index in [9.17, 15) is 4.39 Å². The molecule has 0 fully saturated rings. The molecule has 1 aromatic heterocycles. The number of hydrogen-bond acceptors (Lipinski definition) is 3. The zero-order valence-electron chi connectivity index (χ0n) is 10.6. The smallest absolute Gasteiger partial charge is 0.147 e. The summed E-state index contributed by atoms with van der Waals surface area (Å²) >= 11 is 3.23. The highest BCUT2D eigenvalue weighted by molar-refractivity contribution is 9.10. The Labute approximate surface area is 120 Å². The van der Waals surface area contributed by atoms with E-state index in [1.54, 1.807) is 24.5 Å². The molecule has 0 aliphatic heterocycles. The number of pyridine rings is 1. The molecule has 19 heavy (non-hydrogen) atoms. The first kappa shape index (κ1) is 13.8. The van der Waals surface area contributed by atoms with Crippen LogP contribution in [0.4, 0.5) is 21.5 Å². The molecule has 100 valence electrons. The molecule has 0 aliphatic carbocycles. The van der Waals surface area contributed by atoms with Gasteiger partial charge in [-0.25, -0.2) is 4.39 Å². The fourth-order valence-corrected chi connectivity index (χ4v) is 1.95.